The lowest BCUT2D eigenvalue weighted by Crippen LogP contribution is -2.12. The van der Waals surface area contributed by atoms with Crippen LogP contribution in [-0.2, 0) is 11.8 Å². The summed E-state index contributed by atoms with van der Waals surface area (Å²) in [6.45, 7) is 2.10. The van der Waals surface area contributed by atoms with Gasteiger partial charge in [0, 0.05) is 22.7 Å². The standard InChI is InChI=1S/C14H16BrN3O/c1-2-3-12-8-13(18-17-12)16-14(19)11-6-4-10(9-15)5-7-11/h4-8H,2-3,9H2,1H3,(H2,16,17,18,19). The maximum Gasteiger partial charge on any atom is 0.256 e. The molecule has 2 N–H and O–H groups in total. The number of hydrogen-bond acceptors (Lipinski definition) is 2. The second-order valence-electron chi connectivity index (χ2n) is 4.31. The van der Waals surface area contributed by atoms with E-state index in [-0.39, 0.29) is 5.91 Å². The summed E-state index contributed by atoms with van der Waals surface area (Å²) in [5, 5.41) is 10.5. The van der Waals surface area contributed by atoms with E-state index in [0.29, 0.717) is 11.4 Å². The molecule has 1 amide bonds. The molecule has 1 heterocycles. The Morgan fingerprint density at radius 3 is 2.74 bits per heavy atom. The van der Waals surface area contributed by atoms with Gasteiger partial charge < -0.3 is 5.32 Å². The topological polar surface area (TPSA) is 57.8 Å². The average Bonchev–Trinajstić information content (AvgIpc) is 2.86. The van der Waals surface area contributed by atoms with Crippen molar-refractivity contribution in [1.82, 2.24) is 10.2 Å². The minimum absolute atomic E-state index is 0.143. The molecule has 0 aliphatic heterocycles. The van der Waals surface area contributed by atoms with Gasteiger partial charge in [-0.25, -0.2) is 0 Å². The molecule has 0 aliphatic rings. The second kappa shape index (κ2) is 6.52. The van der Waals surface area contributed by atoms with Crippen LogP contribution >= 0.6 is 15.9 Å². The second-order valence-corrected chi connectivity index (χ2v) is 4.87. The number of amides is 1. The van der Waals surface area contributed by atoms with Gasteiger partial charge in [-0.1, -0.05) is 41.4 Å². The third kappa shape index (κ3) is 3.67. The predicted octanol–water partition coefficient (Wildman–Crippen LogP) is 3.51. The van der Waals surface area contributed by atoms with Gasteiger partial charge in [-0.3, -0.25) is 9.89 Å². The van der Waals surface area contributed by atoms with E-state index < -0.39 is 0 Å². The van der Waals surface area contributed by atoms with Gasteiger partial charge in [0.15, 0.2) is 5.82 Å². The fourth-order valence-corrected chi connectivity index (χ4v) is 2.13. The van der Waals surface area contributed by atoms with E-state index in [1.165, 1.54) is 0 Å². The van der Waals surface area contributed by atoms with Gasteiger partial charge in [-0.05, 0) is 24.1 Å². The van der Waals surface area contributed by atoms with Crippen LogP contribution in [0.5, 0.6) is 0 Å². The molecule has 0 fully saturated rings. The Balaban J connectivity index is 2.02. The van der Waals surface area contributed by atoms with Gasteiger partial charge in [-0.15, -0.1) is 0 Å². The molecule has 1 aromatic carbocycles. The Morgan fingerprint density at radius 2 is 2.11 bits per heavy atom. The summed E-state index contributed by atoms with van der Waals surface area (Å²) in [4.78, 5) is 12.0. The maximum atomic E-state index is 12.0. The number of aromatic nitrogens is 2. The number of aromatic amines is 1. The van der Waals surface area contributed by atoms with Crippen molar-refractivity contribution in [2.24, 2.45) is 0 Å². The third-order valence-electron chi connectivity index (χ3n) is 2.76. The number of carbonyl (C=O) groups excluding carboxylic acids is 1. The minimum atomic E-state index is -0.143. The van der Waals surface area contributed by atoms with Gasteiger partial charge in [0.05, 0.1) is 0 Å². The number of nitrogens with one attached hydrogen (secondary N) is 2. The summed E-state index contributed by atoms with van der Waals surface area (Å²) in [5.41, 5.74) is 2.80. The lowest BCUT2D eigenvalue weighted by Gasteiger charge is -2.02. The average molecular weight is 322 g/mol. The van der Waals surface area contributed by atoms with Gasteiger partial charge in [0.2, 0.25) is 0 Å². The van der Waals surface area contributed by atoms with Crippen molar-refractivity contribution in [2.45, 2.75) is 25.1 Å². The Kier molecular flexibility index (Phi) is 4.74. The van der Waals surface area contributed by atoms with E-state index in [1.807, 2.05) is 30.3 Å². The van der Waals surface area contributed by atoms with E-state index in [0.717, 1.165) is 29.4 Å². The van der Waals surface area contributed by atoms with E-state index in [9.17, 15) is 4.79 Å². The van der Waals surface area contributed by atoms with E-state index in [2.05, 4.69) is 38.4 Å². The lowest BCUT2D eigenvalue weighted by molar-refractivity contribution is 0.102. The van der Waals surface area contributed by atoms with Crippen molar-refractivity contribution < 1.29 is 4.79 Å². The summed E-state index contributed by atoms with van der Waals surface area (Å²) in [5.74, 6) is 0.425. The van der Waals surface area contributed by atoms with Gasteiger partial charge in [0.1, 0.15) is 0 Å². The van der Waals surface area contributed by atoms with Crippen LogP contribution in [0.3, 0.4) is 0 Å². The highest BCUT2D eigenvalue weighted by molar-refractivity contribution is 9.08. The number of hydrogen-bond donors (Lipinski definition) is 2. The molecule has 0 saturated heterocycles. The highest BCUT2D eigenvalue weighted by atomic mass is 79.9. The van der Waals surface area contributed by atoms with E-state index >= 15 is 0 Å². The molecule has 0 atom stereocenters. The first-order valence-electron chi connectivity index (χ1n) is 6.23. The normalized spacial score (nSPS) is 10.4. The first kappa shape index (κ1) is 13.8. The molecule has 19 heavy (non-hydrogen) atoms. The minimum Gasteiger partial charge on any atom is -0.305 e. The smallest absolute Gasteiger partial charge is 0.256 e. The summed E-state index contributed by atoms with van der Waals surface area (Å²) < 4.78 is 0. The monoisotopic (exact) mass is 321 g/mol. The fourth-order valence-electron chi connectivity index (χ4n) is 1.76. The zero-order valence-electron chi connectivity index (χ0n) is 10.7. The first-order valence-corrected chi connectivity index (χ1v) is 7.35. The van der Waals surface area contributed by atoms with Crippen LogP contribution in [0.15, 0.2) is 30.3 Å². The van der Waals surface area contributed by atoms with Crippen LogP contribution in [0.25, 0.3) is 0 Å². The summed E-state index contributed by atoms with van der Waals surface area (Å²) in [6, 6.07) is 9.35. The first-order chi connectivity index (χ1) is 9.22. The molecule has 0 saturated carbocycles. The predicted molar refractivity (Wildman–Crippen MR) is 79.6 cm³/mol. The lowest BCUT2D eigenvalue weighted by atomic mass is 10.1. The Labute approximate surface area is 120 Å². The SMILES string of the molecule is CCCc1cc(NC(=O)c2ccc(CBr)cc2)n[nH]1. The van der Waals surface area contributed by atoms with Crippen molar-refractivity contribution in [3.05, 3.63) is 47.2 Å². The highest BCUT2D eigenvalue weighted by Gasteiger charge is 2.08. The van der Waals surface area contributed by atoms with Gasteiger partial charge >= 0.3 is 0 Å². The zero-order valence-corrected chi connectivity index (χ0v) is 12.3. The van der Waals surface area contributed by atoms with Crippen LogP contribution in [-0.4, -0.2) is 16.1 Å². The fraction of sp³-hybridized carbons (Fsp3) is 0.286. The van der Waals surface area contributed by atoms with Crippen molar-refractivity contribution in [3.8, 4) is 0 Å². The van der Waals surface area contributed by atoms with Crippen LogP contribution in [0.1, 0.15) is 35.0 Å². The van der Waals surface area contributed by atoms with Crippen LogP contribution in [0.2, 0.25) is 0 Å². The Bertz CT molecular complexity index is 548. The highest BCUT2D eigenvalue weighted by Crippen LogP contribution is 2.11. The molecule has 100 valence electrons. The number of benzene rings is 1. The number of alkyl halides is 1. The molecule has 0 bridgehead atoms. The maximum absolute atomic E-state index is 12.0. The number of H-pyrrole nitrogens is 1. The number of aryl methyl sites for hydroxylation is 1. The van der Waals surface area contributed by atoms with E-state index in [1.54, 1.807) is 0 Å². The molecule has 2 rings (SSSR count). The summed E-state index contributed by atoms with van der Waals surface area (Å²) in [7, 11) is 0. The Hall–Kier alpha value is -1.62. The quantitative estimate of drug-likeness (QED) is 0.828. The van der Waals surface area contributed by atoms with Crippen molar-refractivity contribution in [1.29, 1.82) is 0 Å². The van der Waals surface area contributed by atoms with Crippen molar-refractivity contribution in [3.63, 3.8) is 0 Å². The number of rotatable bonds is 5. The van der Waals surface area contributed by atoms with Crippen LogP contribution in [0, 0.1) is 0 Å². The van der Waals surface area contributed by atoms with Crippen molar-refractivity contribution in [2.75, 3.05) is 5.32 Å². The van der Waals surface area contributed by atoms with Crippen molar-refractivity contribution >= 4 is 27.7 Å². The summed E-state index contributed by atoms with van der Waals surface area (Å²) in [6.07, 6.45) is 1.98. The Morgan fingerprint density at radius 1 is 1.37 bits per heavy atom. The molecule has 0 radical (unpaired) electrons. The molecule has 0 aliphatic carbocycles. The van der Waals surface area contributed by atoms with E-state index in [4.69, 9.17) is 0 Å². The molecule has 0 unspecified atom stereocenters. The van der Waals surface area contributed by atoms with Gasteiger partial charge in [-0.2, -0.15) is 5.10 Å². The molecular weight excluding hydrogens is 306 g/mol. The van der Waals surface area contributed by atoms with Crippen LogP contribution in [0.4, 0.5) is 5.82 Å². The molecule has 0 spiro atoms. The molecule has 4 nitrogen and oxygen atoms in total. The molecule has 2 aromatic rings. The van der Waals surface area contributed by atoms with Crippen LogP contribution < -0.4 is 5.32 Å². The number of anilines is 1. The largest absolute Gasteiger partial charge is 0.305 e. The zero-order chi connectivity index (χ0) is 13.7. The summed E-state index contributed by atoms with van der Waals surface area (Å²) >= 11 is 3.38. The molecular formula is C14H16BrN3O. The number of carbonyl (C=O) groups is 1. The number of halogens is 1. The van der Waals surface area contributed by atoms with Gasteiger partial charge in [0.25, 0.3) is 5.91 Å². The number of nitrogens with zero attached hydrogens (tertiary/aromatic N) is 1. The molecule has 5 heteroatoms. The third-order valence-corrected chi connectivity index (χ3v) is 3.41. The molecule has 1 aromatic heterocycles.